The Labute approximate surface area is 372 Å². The van der Waals surface area contributed by atoms with Crippen LogP contribution < -0.4 is 30.1 Å². The van der Waals surface area contributed by atoms with Gasteiger partial charge in [0.25, 0.3) is 5.91 Å². The second-order valence-electron chi connectivity index (χ2n) is 14.8. The Balaban J connectivity index is 1.13. The van der Waals surface area contributed by atoms with E-state index < -0.39 is 37.3 Å². The van der Waals surface area contributed by atoms with Gasteiger partial charge >= 0.3 is 13.6 Å². The van der Waals surface area contributed by atoms with Crippen LogP contribution in [0.15, 0.2) is 114 Å². The Morgan fingerprint density at radius 1 is 0.797 bits per heavy atom. The van der Waals surface area contributed by atoms with Crippen LogP contribution in [0, 0.1) is 5.92 Å². The van der Waals surface area contributed by atoms with Crippen molar-refractivity contribution in [3.05, 3.63) is 132 Å². The summed E-state index contributed by atoms with van der Waals surface area (Å²) in [6, 6.07) is 30.5. The Morgan fingerprint density at radius 3 is 2.12 bits per heavy atom. The zero-order chi connectivity index (χ0) is 45.3. The number of nitrogens with one attached hydrogen (secondary N) is 2. The van der Waals surface area contributed by atoms with Crippen LogP contribution in [0.1, 0.15) is 84.9 Å². The molecule has 4 aromatic carbocycles. The summed E-state index contributed by atoms with van der Waals surface area (Å²) < 4.78 is 49.9. The first kappa shape index (κ1) is 47.1. The third-order valence-electron chi connectivity index (χ3n) is 10.4. The largest absolute Gasteiger partial charge is 0.494 e. The molecule has 2 atom stereocenters. The fourth-order valence-corrected chi connectivity index (χ4v) is 8.67. The third-order valence-corrected chi connectivity index (χ3v) is 12.2. The Hall–Kier alpha value is -6.41. The molecular formula is C48H54N3O12P. The van der Waals surface area contributed by atoms with Crippen molar-refractivity contribution in [1.29, 1.82) is 0 Å². The van der Waals surface area contributed by atoms with Crippen LogP contribution >= 0.6 is 7.60 Å². The van der Waals surface area contributed by atoms with E-state index in [1.165, 1.54) is 18.2 Å². The van der Waals surface area contributed by atoms with Gasteiger partial charge in [-0.3, -0.25) is 18.9 Å². The highest BCUT2D eigenvalue weighted by atomic mass is 31.2. The second kappa shape index (κ2) is 23.3. The minimum absolute atomic E-state index is 0.0202. The van der Waals surface area contributed by atoms with E-state index >= 15 is 0 Å². The summed E-state index contributed by atoms with van der Waals surface area (Å²) in [7, 11) is -4.00. The summed E-state index contributed by atoms with van der Waals surface area (Å²) >= 11 is 0. The van der Waals surface area contributed by atoms with Gasteiger partial charge in [0.15, 0.2) is 17.3 Å². The van der Waals surface area contributed by atoms with E-state index in [4.69, 9.17) is 32.5 Å². The predicted molar refractivity (Wildman–Crippen MR) is 238 cm³/mol. The molecule has 0 saturated heterocycles. The maximum Gasteiger partial charge on any atom is 0.363 e. The van der Waals surface area contributed by atoms with E-state index in [-0.39, 0.29) is 42.3 Å². The van der Waals surface area contributed by atoms with E-state index in [1.807, 2.05) is 74.5 Å². The lowest BCUT2D eigenvalue weighted by atomic mass is 9.90. The number of carbonyl (C=O) groups excluding carboxylic acids is 4. The van der Waals surface area contributed by atoms with Crippen LogP contribution in [0.4, 0.5) is 0 Å². The molecule has 0 saturated carbocycles. The van der Waals surface area contributed by atoms with Crippen LogP contribution in [0.25, 0.3) is 11.3 Å². The smallest absolute Gasteiger partial charge is 0.363 e. The van der Waals surface area contributed by atoms with Crippen molar-refractivity contribution in [2.75, 3.05) is 26.5 Å². The van der Waals surface area contributed by atoms with Gasteiger partial charge in [-0.25, -0.2) is 4.79 Å². The molecule has 1 aromatic heterocycles. The van der Waals surface area contributed by atoms with Crippen LogP contribution in [-0.2, 0) is 41.3 Å². The monoisotopic (exact) mass is 895 g/mol. The maximum atomic E-state index is 14.7. The molecule has 0 fully saturated rings. The van der Waals surface area contributed by atoms with E-state index in [1.54, 1.807) is 37.3 Å². The first-order valence-corrected chi connectivity index (χ1v) is 23.0. The highest BCUT2D eigenvalue weighted by Crippen LogP contribution is 2.50. The molecule has 15 nitrogen and oxygen atoms in total. The molecule has 2 heterocycles. The lowest BCUT2D eigenvalue weighted by molar-refractivity contribution is -0.171. The minimum atomic E-state index is -4.00. The van der Waals surface area contributed by atoms with Crippen LogP contribution in [0.3, 0.4) is 0 Å². The van der Waals surface area contributed by atoms with Gasteiger partial charge in [-0.05, 0) is 79.4 Å². The number of ether oxygens (including phenoxy) is 3. The van der Waals surface area contributed by atoms with Crippen molar-refractivity contribution in [2.45, 2.75) is 72.1 Å². The number of nitrogens with zero attached hydrogens (tertiary/aromatic N) is 1. The molecule has 0 radical (unpaired) electrons. The first-order chi connectivity index (χ1) is 31.1. The lowest BCUT2D eigenvalue weighted by Crippen LogP contribution is -2.49. The predicted octanol–water partition coefficient (Wildman–Crippen LogP) is 8.38. The number of amides is 3. The molecular weight excluding hydrogens is 842 g/mol. The highest BCUT2D eigenvalue weighted by molar-refractivity contribution is 7.62. The van der Waals surface area contributed by atoms with E-state index in [9.17, 15) is 23.7 Å². The number of hydroxylamine groups is 2. The standard InChI is InChI=1S/C48H54N3O12P/c1-4-7-10-19-40(41(5-2)51(33-52)63-48(55)36-20-21-43-45(28-36)59-25-24-58-43)46(53)49-32-50-47(54)44-23-22-42(62-44)37-26-38(57-6-3)29-39(27-37)64(56,60-30-34-15-11-8-12-16-34)61-31-35-17-13-9-14-18-35/h8-9,11-18,20-23,26-29,33,40-41H,4-7,10,19,24-25,30-32H2,1-3H3,(H,49,53)(H,50,54)/t40-,41-/m1/s1. The molecule has 1 aliphatic rings. The van der Waals surface area contributed by atoms with Crippen LogP contribution in [0.2, 0.25) is 0 Å². The normalized spacial score (nSPS) is 13.0. The lowest BCUT2D eigenvalue weighted by Gasteiger charge is -2.32. The zero-order valence-corrected chi connectivity index (χ0v) is 37.1. The second-order valence-corrected chi connectivity index (χ2v) is 16.9. The molecule has 0 spiro atoms. The fourth-order valence-electron chi connectivity index (χ4n) is 7.07. The Kier molecular flexibility index (Phi) is 17.2. The summed E-state index contributed by atoms with van der Waals surface area (Å²) in [6.07, 6.45) is 3.48. The molecule has 338 valence electrons. The highest BCUT2D eigenvalue weighted by Gasteiger charge is 2.34. The van der Waals surface area contributed by atoms with Gasteiger partial charge in [0.1, 0.15) is 24.7 Å². The van der Waals surface area contributed by atoms with Gasteiger partial charge in [0, 0.05) is 5.56 Å². The van der Waals surface area contributed by atoms with Gasteiger partial charge in [-0.15, -0.1) is 0 Å². The number of furan rings is 1. The number of rotatable bonds is 24. The van der Waals surface area contributed by atoms with Crippen molar-refractivity contribution in [1.82, 2.24) is 15.7 Å². The molecule has 16 heteroatoms. The van der Waals surface area contributed by atoms with Gasteiger partial charge in [-0.2, -0.15) is 5.06 Å². The van der Waals surface area contributed by atoms with Crippen LogP contribution in [-0.4, -0.2) is 61.8 Å². The van der Waals surface area contributed by atoms with Crippen LogP contribution in [0.5, 0.6) is 17.2 Å². The topological polar surface area (TPSA) is 181 Å². The Morgan fingerprint density at radius 2 is 1.48 bits per heavy atom. The molecule has 0 unspecified atom stereocenters. The van der Waals surface area contributed by atoms with Crippen molar-refractivity contribution in [2.24, 2.45) is 5.92 Å². The summed E-state index contributed by atoms with van der Waals surface area (Å²) in [4.78, 5) is 58.3. The zero-order valence-electron chi connectivity index (χ0n) is 36.2. The quantitative estimate of drug-likeness (QED) is 0.0199. The molecule has 2 N–H and O–H groups in total. The maximum absolute atomic E-state index is 14.7. The SMILES string of the molecule is CCCCC[C@@H](C(=O)NCNC(=O)c1ccc(-c2cc(OCC)cc(P(=O)(OCc3ccccc3)OCc3ccccc3)c2)o1)[C@@H](CC)N(C=O)OC(=O)c1ccc2c(c1)OCCO2. The average Bonchev–Trinajstić information content (AvgIpc) is 3.83. The van der Waals surface area contributed by atoms with Crippen molar-refractivity contribution >= 4 is 37.1 Å². The number of benzene rings is 4. The van der Waals surface area contributed by atoms with Crippen molar-refractivity contribution < 1.29 is 56.3 Å². The molecule has 5 aromatic rings. The van der Waals surface area contributed by atoms with Crippen molar-refractivity contribution in [3.63, 3.8) is 0 Å². The van der Waals surface area contributed by atoms with Gasteiger partial charge in [0.05, 0.1) is 49.3 Å². The molecule has 3 amide bonds. The number of hydrogen-bond acceptors (Lipinski definition) is 12. The Bertz CT molecular complexity index is 2330. The molecule has 0 bridgehead atoms. The minimum Gasteiger partial charge on any atom is -0.494 e. The first-order valence-electron chi connectivity index (χ1n) is 21.4. The molecule has 0 aliphatic carbocycles. The van der Waals surface area contributed by atoms with Gasteiger partial charge in [0.2, 0.25) is 12.3 Å². The molecule has 6 rings (SSSR count). The van der Waals surface area contributed by atoms with Crippen molar-refractivity contribution in [3.8, 4) is 28.6 Å². The summed E-state index contributed by atoms with van der Waals surface area (Å²) in [5, 5.41) is 6.53. The summed E-state index contributed by atoms with van der Waals surface area (Å²) in [5.74, 6) is -1.16. The number of unbranched alkanes of at least 4 members (excludes halogenated alkanes) is 2. The number of fused-ring (bicyclic) bond motifs is 1. The molecule has 1 aliphatic heterocycles. The summed E-state index contributed by atoms with van der Waals surface area (Å²) in [6.45, 7) is 6.45. The average molecular weight is 896 g/mol. The van der Waals surface area contributed by atoms with Gasteiger partial charge < -0.3 is 43.1 Å². The van der Waals surface area contributed by atoms with E-state index in [2.05, 4.69) is 10.6 Å². The summed E-state index contributed by atoms with van der Waals surface area (Å²) in [5.41, 5.74) is 2.21. The van der Waals surface area contributed by atoms with E-state index in [0.29, 0.717) is 68.3 Å². The van der Waals surface area contributed by atoms with E-state index in [0.717, 1.165) is 29.0 Å². The number of hydrogen-bond donors (Lipinski definition) is 2. The number of carbonyl (C=O) groups is 4. The molecule has 64 heavy (non-hydrogen) atoms. The van der Waals surface area contributed by atoms with Gasteiger partial charge in [-0.1, -0.05) is 93.8 Å². The fraction of sp³-hybridized carbons (Fsp3) is 0.333. The third kappa shape index (κ3) is 12.6.